The smallest absolute Gasteiger partial charge is 0.309 e. The lowest BCUT2D eigenvalue weighted by Crippen LogP contribution is -2.82. The van der Waals surface area contributed by atoms with Crippen LogP contribution in [0, 0.1) is 45.3 Å². The molecule has 0 aromatic heterocycles. The Bertz CT molecular complexity index is 1230. The second-order valence-electron chi connectivity index (χ2n) is 15.6. The van der Waals surface area contributed by atoms with Crippen molar-refractivity contribution in [1.29, 1.82) is 0 Å². The molecule has 0 bridgehead atoms. The van der Waals surface area contributed by atoms with Crippen LogP contribution in [0.25, 0.3) is 0 Å². The molecule has 13 atom stereocenters. The van der Waals surface area contributed by atoms with Gasteiger partial charge in [-0.3, -0.25) is 14.4 Å². The second kappa shape index (κ2) is 10.5. The van der Waals surface area contributed by atoms with Gasteiger partial charge in [-0.25, -0.2) is 0 Å². The predicted molar refractivity (Wildman–Crippen MR) is 159 cm³/mol. The van der Waals surface area contributed by atoms with Gasteiger partial charge in [0.05, 0.1) is 30.8 Å². The van der Waals surface area contributed by atoms with Gasteiger partial charge in [0.2, 0.25) is 0 Å². The maximum absolute atomic E-state index is 13.1. The van der Waals surface area contributed by atoms with Crippen LogP contribution >= 0.6 is 0 Å². The van der Waals surface area contributed by atoms with Gasteiger partial charge in [-0.2, -0.15) is 0 Å². The van der Waals surface area contributed by atoms with E-state index in [0.29, 0.717) is 44.1 Å². The molecule has 0 aromatic carbocycles. The van der Waals surface area contributed by atoms with E-state index >= 15 is 0 Å². The van der Waals surface area contributed by atoms with Crippen LogP contribution in [0.15, 0.2) is 12.2 Å². The van der Waals surface area contributed by atoms with Crippen LogP contribution in [0.1, 0.15) is 92.9 Å². The van der Waals surface area contributed by atoms with Crippen molar-refractivity contribution in [2.24, 2.45) is 45.3 Å². The summed E-state index contributed by atoms with van der Waals surface area (Å²) < 4.78 is 16.5. The van der Waals surface area contributed by atoms with Gasteiger partial charge in [-0.1, -0.05) is 39.8 Å². The molecule has 5 aliphatic rings. The number of aliphatic hydroxyl groups is 4. The first-order valence-electron chi connectivity index (χ1n) is 16.2. The van der Waals surface area contributed by atoms with Crippen LogP contribution in [0.4, 0.5) is 0 Å². The van der Waals surface area contributed by atoms with E-state index in [4.69, 9.17) is 14.2 Å². The summed E-state index contributed by atoms with van der Waals surface area (Å²) in [6.07, 6.45) is -0.247. The van der Waals surface area contributed by atoms with Crippen molar-refractivity contribution in [3.8, 4) is 0 Å². The highest BCUT2D eigenvalue weighted by atomic mass is 16.5. The molecule has 0 saturated heterocycles. The fourth-order valence-electron chi connectivity index (χ4n) is 11.9. The Balaban J connectivity index is 1.64. The molecule has 248 valence electrons. The Hall–Kier alpha value is -2.01. The van der Waals surface area contributed by atoms with Crippen LogP contribution in [0.3, 0.4) is 0 Å². The van der Waals surface area contributed by atoms with Gasteiger partial charge in [0, 0.05) is 48.3 Å². The zero-order chi connectivity index (χ0) is 32.8. The molecule has 13 unspecified atom stereocenters. The van der Waals surface area contributed by atoms with Crippen LogP contribution in [0.2, 0.25) is 0 Å². The Morgan fingerprint density at radius 1 is 0.932 bits per heavy atom. The first-order valence-corrected chi connectivity index (χ1v) is 16.2. The standard InChI is InChI=1S/C34H52O10/c1-18-15-22(28(39)42-8)30(6)12-13-31(7)26-25(37)27(38)32(17-43-20(3)35)19(2)23(44-21(4)36)9-10-24(32)29(26,5)11-14-33(31,40)34(30,41)16-18/h19,22-27,37-38,40-41H,1,9-17H2,2-8H3. The van der Waals surface area contributed by atoms with Gasteiger partial charge >= 0.3 is 17.9 Å². The fraction of sp³-hybridized carbons (Fsp3) is 0.853. The summed E-state index contributed by atoms with van der Waals surface area (Å²) >= 11 is 0. The molecule has 4 N–H and O–H groups in total. The lowest BCUT2D eigenvalue weighted by atomic mass is 9.30. The van der Waals surface area contributed by atoms with E-state index in [9.17, 15) is 34.8 Å². The first kappa shape index (κ1) is 33.4. The number of carbonyl (C=O) groups is 3. The SMILES string of the molecule is C=C1CC(C(=O)OC)C2(C)CCC3(C)C4C(O)C(O)C5(COC(C)=O)C(C)C(OC(C)=O)CCC5C4(C)CCC3(O)C2(O)C1. The molecule has 5 fully saturated rings. The maximum atomic E-state index is 13.1. The number of methoxy groups -OCH3 is 1. The second-order valence-corrected chi connectivity index (χ2v) is 15.6. The first-order chi connectivity index (χ1) is 20.3. The topological polar surface area (TPSA) is 160 Å². The summed E-state index contributed by atoms with van der Waals surface area (Å²) in [5, 5.41) is 50.3. The number of carbonyl (C=O) groups excluding carboxylic acids is 3. The molecule has 0 aromatic rings. The number of aliphatic hydroxyl groups excluding tert-OH is 2. The van der Waals surface area contributed by atoms with Crippen LogP contribution in [0.5, 0.6) is 0 Å². The number of fused-ring (bicyclic) bond motifs is 7. The average molecular weight is 621 g/mol. The van der Waals surface area contributed by atoms with Crippen molar-refractivity contribution in [1.82, 2.24) is 0 Å². The van der Waals surface area contributed by atoms with Crippen molar-refractivity contribution < 1.29 is 49.0 Å². The largest absolute Gasteiger partial charge is 0.469 e. The lowest BCUT2D eigenvalue weighted by Gasteiger charge is -2.76. The normalized spacial score (nSPS) is 51.5. The minimum absolute atomic E-state index is 0.117. The Labute approximate surface area is 260 Å². The van der Waals surface area contributed by atoms with Gasteiger partial charge in [0.15, 0.2) is 0 Å². The summed E-state index contributed by atoms with van der Waals surface area (Å²) in [5.74, 6) is -3.42. The summed E-state index contributed by atoms with van der Waals surface area (Å²) in [5.41, 5.74) is -6.62. The number of hydrogen-bond donors (Lipinski definition) is 4. The van der Waals surface area contributed by atoms with Crippen molar-refractivity contribution >= 4 is 17.9 Å². The van der Waals surface area contributed by atoms with Gasteiger partial charge in [0.1, 0.15) is 18.3 Å². The lowest BCUT2D eigenvalue weighted by molar-refractivity contribution is -0.372. The van der Waals surface area contributed by atoms with Gasteiger partial charge in [-0.05, 0) is 56.3 Å². The molecule has 0 radical (unpaired) electrons. The molecule has 5 aliphatic carbocycles. The zero-order valence-corrected chi connectivity index (χ0v) is 27.4. The summed E-state index contributed by atoms with van der Waals surface area (Å²) in [4.78, 5) is 37.2. The van der Waals surface area contributed by atoms with Crippen LogP contribution in [-0.4, -0.2) is 81.6 Å². The number of hydrogen-bond acceptors (Lipinski definition) is 10. The van der Waals surface area contributed by atoms with Crippen LogP contribution in [-0.2, 0) is 28.6 Å². The number of ether oxygens (including phenoxy) is 3. The van der Waals surface area contributed by atoms with Gasteiger partial charge in [0.25, 0.3) is 0 Å². The molecule has 44 heavy (non-hydrogen) atoms. The number of esters is 3. The summed E-state index contributed by atoms with van der Waals surface area (Å²) in [6.45, 7) is 14.4. The highest BCUT2D eigenvalue weighted by Gasteiger charge is 2.81. The molecular weight excluding hydrogens is 568 g/mol. The molecule has 5 saturated carbocycles. The quantitative estimate of drug-likeness (QED) is 0.209. The molecule has 0 spiro atoms. The minimum Gasteiger partial charge on any atom is -0.469 e. The van der Waals surface area contributed by atoms with Gasteiger partial charge < -0.3 is 34.6 Å². The summed E-state index contributed by atoms with van der Waals surface area (Å²) in [7, 11) is 1.33. The maximum Gasteiger partial charge on any atom is 0.309 e. The molecule has 5 rings (SSSR count). The average Bonchev–Trinajstić information content (AvgIpc) is 2.94. The molecule has 10 heteroatoms. The third kappa shape index (κ3) is 4.02. The van der Waals surface area contributed by atoms with Crippen molar-refractivity contribution in [2.45, 2.75) is 122 Å². The fourth-order valence-corrected chi connectivity index (χ4v) is 11.9. The van der Waals surface area contributed by atoms with Crippen molar-refractivity contribution in [3.63, 3.8) is 0 Å². The highest BCUT2D eigenvalue weighted by molar-refractivity contribution is 5.74. The van der Waals surface area contributed by atoms with E-state index in [-0.39, 0.29) is 25.4 Å². The van der Waals surface area contributed by atoms with Gasteiger partial charge in [-0.15, -0.1) is 0 Å². The molecule has 0 amide bonds. The molecule has 0 aliphatic heterocycles. The Morgan fingerprint density at radius 2 is 1.57 bits per heavy atom. The Morgan fingerprint density at radius 3 is 2.16 bits per heavy atom. The van der Waals surface area contributed by atoms with E-state index in [2.05, 4.69) is 13.5 Å². The van der Waals surface area contributed by atoms with E-state index in [1.807, 2.05) is 20.8 Å². The summed E-state index contributed by atoms with van der Waals surface area (Å²) in [6, 6.07) is 0. The third-order valence-corrected chi connectivity index (χ3v) is 14.1. The third-order valence-electron chi connectivity index (χ3n) is 14.1. The predicted octanol–water partition coefficient (Wildman–Crippen LogP) is 3.07. The Kier molecular flexibility index (Phi) is 7.96. The van der Waals surface area contributed by atoms with E-state index in [1.54, 1.807) is 0 Å². The van der Waals surface area contributed by atoms with Crippen LogP contribution < -0.4 is 0 Å². The van der Waals surface area contributed by atoms with E-state index in [1.165, 1.54) is 21.0 Å². The minimum atomic E-state index is -1.74. The molecular formula is C34H52O10. The van der Waals surface area contributed by atoms with Crippen molar-refractivity contribution in [2.75, 3.05) is 13.7 Å². The zero-order valence-electron chi connectivity index (χ0n) is 27.4. The van der Waals surface area contributed by atoms with E-state index in [0.717, 1.165) is 0 Å². The van der Waals surface area contributed by atoms with E-state index < -0.39 is 86.8 Å². The molecule has 10 nitrogen and oxygen atoms in total. The highest BCUT2D eigenvalue weighted by Crippen LogP contribution is 2.76. The monoisotopic (exact) mass is 620 g/mol. The van der Waals surface area contributed by atoms with Crippen molar-refractivity contribution in [3.05, 3.63) is 12.2 Å². The molecule has 0 heterocycles. The number of rotatable bonds is 4.